The van der Waals surface area contributed by atoms with Crippen LogP contribution in [-0.2, 0) is 16.4 Å². The SMILES string of the molecule is Cc1noc(C)c1N(C)S(=O)(=O)c1cc(Cl)cc2c1OCC2. The third-order valence-electron chi connectivity index (χ3n) is 3.66. The maximum atomic E-state index is 13.0. The Balaban J connectivity index is 2.16. The Bertz CT molecular complexity index is 825. The van der Waals surface area contributed by atoms with Gasteiger partial charge in [-0.25, -0.2) is 8.42 Å². The molecule has 1 aromatic carbocycles. The van der Waals surface area contributed by atoms with Crippen molar-refractivity contribution in [2.24, 2.45) is 0 Å². The van der Waals surface area contributed by atoms with Crippen molar-refractivity contribution in [3.63, 3.8) is 0 Å². The lowest BCUT2D eigenvalue weighted by Crippen LogP contribution is -2.27. The first-order chi connectivity index (χ1) is 10.3. The molecule has 0 aliphatic carbocycles. The zero-order valence-corrected chi connectivity index (χ0v) is 14.0. The maximum Gasteiger partial charge on any atom is 0.268 e. The second-order valence-corrected chi connectivity index (χ2v) is 7.51. The Labute approximate surface area is 133 Å². The Morgan fingerprint density at radius 1 is 1.32 bits per heavy atom. The largest absolute Gasteiger partial charge is 0.492 e. The molecule has 1 aliphatic rings. The van der Waals surface area contributed by atoms with Crippen LogP contribution in [0.1, 0.15) is 17.0 Å². The van der Waals surface area contributed by atoms with Gasteiger partial charge >= 0.3 is 0 Å². The number of rotatable bonds is 3. The summed E-state index contributed by atoms with van der Waals surface area (Å²) in [4.78, 5) is 0.0648. The fraction of sp³-hybridized carbons (Fsp3) is 0.357. The molecule has 0 N–H and O–H groups in total. The van der Waals surface area contributed by atoms with E-state index >= 15 is 0 Å². The highest BCUT2D eigenvalue weighted by Gasteiger charge is 2.32. The molecule has 0 atom stereocenters. The van der Waals surface area contributed by atoms with E-state index in [4.69, 9.17) is 20.9 Å². The van der Waals surface area contributed by atoms with Gasteiger partial charge in [-0.2, -0.15) is 0 Å². The second kappa shape index (κ2) is 5.17. The molecule has 2 aromatic rings. The third kappa shape index (κ3) is 2.24. The Morgan fingerprint density at radius 3 is 2.68 bits per heavy atom. The lowest BCUT2D eigenvalue weighted by atomic mass is 10.2. The van der Waals surface area contributed by atoms with E-state index in [-0.39, 0.29) is 4.90 Å². The fourth-order valence-corrected chi connectivity index (χ4v) is 4.42. The van der Waals surface area contributed by atoms with Gasteiger partial charge in [-0.05, 0) is 26.0 Å². The Morgan fingerprint density at radius 2 is 2.05 bits per heavy atom. The van der Waals surface area contributed by atoms with Crippen molar-refractivity contribution >= 4 is 27.3 Å². The molecule has 0 spiro atoms. The summed E-state index contributed by atoms with van der Waals surface area (Å²) >= 11 is 6.06. The van der Waals surface area contributed by atoms with Gasteiger partial charge in [0.1, 0.15) is 22.0 Å². The normalized spacial score (nSPS) is 13.8. The van der Waals surface area contributed by atoms with Gasteiger partial charge in [0, 0.05) is 24.1 Å². The number of aryl methyl sites for hydroxylation is 2. The van der Waals surface area contributed by atoms with Crippen LogP contribution in [-0.4, -0.2) is 27.2 Å². The van der Waals surface area contributed by atoms with Crippen LogP contribution in [0.15, 0.2) is 21.6 Å². The van der Waals surface area contributed by atoms with Gasteiger partial charge in [0.2, 0.25) is 0 Å². The summed E-state index contributed by atoms with van der Waals surface area (Å²) in [5.74, 6) is 0.811. The van der Waals surface area contributed by atoms with Crippen LogP contribution >= 0.6 is 11.6 Å². The third-order valence-corrected chi connectivity index (χ3v) is 5.64. The van der Waals surface area contributed by atoms with Crippen molar-refractivity contribution in [1.29, 1.82) is 0 Å². The molecule has 1 aliphatic heterocycles. The van der Waals surface area contributed by atoms with Gasteiger partial charge in [0.05, 0.1) is 6.61 Å². The summed E-state index contributed by atoms with van der Waals surface area (Å²) in [7, 11) is -2.37. The maximum absolute atomic E-state index is 13.0. The predicted octanol–water partition coefficient (Wildman–Crippen LogP) is 2.70. The van der Waals surface area contributed by atoms with Crippen LogP contribution in [0.25, 0.3) is 0 Å². The summed E-state index contributed by atoms with van der Waals surface area (Å²) in [6.07, 6.45) is 0.646. The summed E-state index contributed by atoms with van der Waals surface area (Å²) in [5, 5.41) is 4.17. The molecule has 118 valence electrons. The van der Waals surface area contributed by atoms with E-state index in [0.717, 1.165) is 9.87 Å². The number of benzene rings is 1. The summed E-state index contributed by atoms with van der Waals surface area (Å²) in [5.41, 5.74) is 1.73. The molecular formula is C14H15ClN2O4S. The molecule has 0 amide bonds. The summed E-state index contributed by atoms with van der Waals surface area (Å²) < 4.78 is 37.6. The number of ether oxygens (including phenoxy) is 1. The fourth-order valence-electron chi connectivity index (χ4n) is 2.62. The molecule has 0 saturated heterocycles. The van der Waals surface area contributed by atoms with Crippen molar-refractivity contribution < 1.29 is 17.7 Å². The highest BCUT2D eigenvalue weighted by Crippen LogP contribution is 2.38. The van der Waals surface area contributed by atoms with Gasteiger partial charge in [-0.1, -0.05) is 16.8 Å². The average molecular weight is 343 g/mol. The van der Waals surface area contributed by atoms with E-state index in [1.165, 1.54) is 13.1 Å². The summed E-state index contributed by atoms with van der Waals surface area (Å²) in [6.45, 7) is 3.81. The van der Waals surface area contributed by atoms with Crippen LogP contribution in [0.3, 0.4) is 0 Å². The van der Waals surface area contributed by atoms with E-state index in [2.05, 4.69) is 5.16 Å². The van der Waals surface area contributed by atoms with Crippen LogP contribution in [0.4, 0.5) is 5.69 Å². The number of fused-ring (bicyclic) bond motifs is 1. The lowest BCUT2D eigenvalue weighted by molar-refractivity contribution is 0.348. The van der Waals surface area contributed by atoms with Gasteiger partial charge in [-0.3, -0.25) is 4.31 Å². The quantitative estimate of drug-likeness (QED) is 0.857. The molecule has 0 fully saturated rings. The molecule has 22 heavy (non-hydrogen) atoms. The number of hydrogen-bond acceptors (Lipinski definition) is 5. The topological polar surface area (TPSA) is 72.6 Å². The Hall–Kier alpha value is -1.73. The zero-order valence-electron chi connectivity index (χ0n) is 12.4. The molecule has 0 saturated carbocycles. The molecule has 0 radical (unpaired) electrons. The Kier molecular flexibility index (Phi) is 3.57. The first-order valence-electron chi connectivity index (χ1n) is 6.69. The second-order valence-electron chi connectivity index (χ2n) is 5.14. The van der Waals surface area contributed by atoms with E-state index in [0.29, 0.717) is 40.9 Å². The van der Waals surface area contributed by atoms with Crippen molar-refractivity contribution in [2.45, 2.75) is 25.2 Å². The van der Waals surface area contributed by atoms with E-state index < -0.39 is 10.0 Å². The van der Waals surface area contributed by atoms with Gasteiger partial charge in [0.25, 0.3) is 10.0 Å². The van der Waals surface area contributed by atoms with Crippen molar-refractivity contribution in [3.05, 3.63) is 34.2 Å². The molecule has 0 bridgehead atoms. The van der Waals surface area contributed by atoms with Gasteiger partial charge < -0.3 is 9.26 Å². The van der Waals surface area contributed by atoms with Crippen LogP contribution in [0, 0.1) is 13.8 Å². The standard InChI is InChI=1S/C14H15ClN2O4S/c1-8-13(9(2)21-16-8)17(3)22(18,19)12-7-11(15)6-10-4-5-20-14(10)12/h6-7H,4-5H2,1-3H3. The number of hydrogen-bond donors (Lipinski definition) is 0. The monoisotopic (exact) mass is 342 g/mol. The number of halogens is 1. The molecule has 1 aromatic heterocycles. The smallest absolute Gasteiger partial charge is 0.268 e. The van der Waals surface area contributed by atoms with Gasteiger partial charge in [-0.15, -0.1) is 0 Å². The van der Waals surface area contributed by atoms with Crippen LogP contribution < -0.4 is 9.04 Å². The molecular weight excluding hydrogens is 328 g/mol. The summed E-state index contributed by atoms with van der Waals surface area (Å²) in [6, 6.07) is 3.15. The number of nitrogens with zero attached hydrogens (tertiary/aromatic N) is 2. The minimum Gasteiger partial charge on any atom is -0.492 e. The van der Waals surface area contributed by atoms with Gasteiger partial charge in [0.15, 0.2) is 5.76 Å². The zero-order chi connectivity index (χ0) is 16.1. The molecule has 6 nitrogen and oxygen atoms in total. The highest BCUT2D eigenvalue weighted by atomic mass is 35.5. The van der Waals surface area contributed by atoms with E-state index in [9.17, 15) is 8.42 Å². The lowest BCUT2D eigenvalue weighted by Gasteiger charge is -2.20. The van der Waals surface area contributed by atoms with E-state index in [1.807, 2.05) is 0 Å². The molecule has 0 unspecified atom stereocenters. The molecule has 2 heterocycles. The molecule has 3 rings (SSSR count). The van der Waals surface area contributed by atoms with Crippen molar-refractivity contribution in [1.82, 2.24) is 5.16 Å². The van der Waals surface area contributed by atoms with Crippen LogP contribution in [0.2, 0.25) is 5.02 Å². The average Bonchev–Trinajstić information content (AvgIpc) is 3.03. The number of anilines is 1. The predicted molar refractivity (Wildman–Crippen MR) is 82.2 cm³/mol. The number of aromatic nitrogens is 1. The van der Waals surface area contributed by atoms with Crippen molar-refractivity contribution in [2.75, 3.05) is 18.0 Å². The highest BCUT2D eigenvalue weighted by molar-refractivity contribution is 7.93. The molecule has 8 heteroatoms. The number of sulfonamides is 1. The van der Waals surface area contributed by atoms with Crippen molar-refractivity contribution in [3.8, 4) is 5.75 Å². The minimum atomic E-state index is -3.83. The minimum absolute atomic E-state index is 0.0648. The first kappa shape index (κ1) is 15.2. The van der Waals surface area contributed by atoms with Crippen LogP contribution in [0.5, 0.6) is 5.75 Å². The first-order valence-corrected chi connectivity index (χ1v) is 8.51. The van der Waals surface area contributed by atoms with E-state index in [1.54, 1.807) is 19.9 Å².